The Morgan fingerprint density at radius 1 is 1.36 bits per heavy atom. The fourth-order valence-electron chi connectivity index (χ4n) is 3.73. The SMILES string of the molecule is CCCC1CC2C(=O)C(c3ccccn3)=COC2CC1OC. The van der Waals surface area contributed by atoms with E-state index < -0.39 is 0 Å². The van der Waals surface area contributed by atoms with Gasteiger partial charge in [-0.2, -0.15) is 0 Å². The van der Waals surface area contributed by atoms with Crippen molar-refractivity contribution in [3.8, 4) is 0 Å². The van der Waals surface area contributed by atoms with Crippen molar-refractivity contribution in [2.24, 2.45) is 11.8 Å². The second-order valence-corrected chi connectivity index (χ2v) is 6.19. The van der Waals surface area contributed by atoms with Gasteiger partial charge in [-0.3, -0.25) is 9.78 Å². The maximum Gasteiger partial charge on any atom is 0.174 e. The Labute approximate surface area is 131 Å². The van der Waals surface area contributed by atoms with Crippen LogP contribution in [0.15, 0.2) is 30.7 Å². The van der Waals surface area contributed by atoms with Crippen LogP contribution in [0.5, 0.6) is 0 Å². The lowest BCUT2D eigenvalue weighted by atomic mass is 9.72. The first-order chi connectivity index (χ1) is 10.7. The third kappa shape index (κ3) is 2.80. The number of nitrogens with zero attached hydrogens (tertiary/aromatic N) is 1. The molecular formula is C18H23NO3. The molecule has 118 valence electrons. The number of carbonyl (C=O) groups excluding carboxylic acids is 1. The van der Waals surface area contributed by atoms with Gasteiger partial charge in [0.1, 0.15) is 6.10 Å². The van der Waals surface area contributed by atoms with Crippen molar-refractivity contribution in [2.75, 3.05) is 7.11 Å². The van der Waals surface area contributed by atoms with Gasteiger partial charge in [-0.1, -0.05) is 19.4 Å². The van der Waals surface area contributed by atoms with Crippen molar-refractivity contribution >= 4 is 11.4 Å². The summed E-state index contributed by atoms with van der Waals surface area (Å²) < 4.78 is 11.5. The molecule has 1 aliphatic heterocycles. The molecule has 4 heteroatoms. The summed E-state index contributed by atoms with van der Waals surface area (Å²) in [5, 5.41) is 0. The van der Waals surface area contributed by atoms with E-state index in [1.807, 2.05) is 18.2 Å². The molecule has 0 aromatic carbocycles. The Morgan fingerprint density at radius 3 is 2.91 bits per heavy atom. The van der Waals surface area contributed by atoms with Crippen molar-refractivity contribution in [2.45, 2.75) is 44.8 Å². The largest absolute Gasteiger partial charge is 0.496 e. The predicted octanol–water partition coefficient (Wildman–Crippen LogP) is 3.23. The monoisotopic (exact) mass is 301 g/mol. The summed E-state index contributed by atoms with van der Waals surface area (Å²) >= 11 is 0. The van der Waals surface area contributed by atoms with Crippen molar-refractivity contribution in [1.29, 1.82) is 0 Å². The maximum atomic E-state index is 12.9. The van der Waals surface area contributed by atoms with E-state index in [-0.39, 0.29) is 23.9 Å². The Bertz CT molecular complexity index is 555. The number of pyridine rings is 1. The molecule has 0 bridgehead atoms. The van der Waals surface area contributed by atoms with Gasteiger partial charge >= 0.3 is 0 Å². The first-order valence-electron chi connectivity index (χ1n) is 8.08. The minimum Gasteiger partial charge on any atom is -0.496 e. The zero-order valence-corrected chi connectivity index (χ0v) is 13.2. The summed E-state index contributed by atoms with van der Waals surface area (Å²) in [6.07, 6.45) is 7.29. The van der Waals surface area contributed by atoms with Crippen molar-refractivity contribution in [3.63, 3.8) is 0 Å². The van der Waals surface area contributed by atoms with Gasteiger partial charge in [0.05, 0.1) is 29.6 Å². The fourth-order valence-corrected chi connectivity index (χ4v) is 3.73. The predicted molar refractivity (Wildman–Crippen MR) is 84.0 cm³/mol. The molecule has 22 heavy (non-hydrogen) atoms. The van der Waals surface area contributed by atoms with Crippen LogP contribution in [0.3, 0.4) is 0 Å². The number of carbonyl (C=O) groups is 1. The summed E-state index contributed by atoms with van der Waals surface area (Å²) in [4.78, 5) is 17.2. The highest BCUT2D eigenvalue weighted by atomic mass is 16.5. The zero-order chi connectivity index (χ0) is 15.5. The molecule has 0 N–H and O–H groups in total. The van der Waals surface area contributed by atoms with Crippen LogP contribution in [0.2, 0.25) is 0 Å². The van der Waals surface area contributed by atoms with E-state index in [0.29, 0.717) is 17.2 Å². The minimum absolute atomic E-state index is 0.0574. The molecule has 0 radical (unpaired) electrons. The highest BCUT2D eigenvalue weighted by Gasteiger charge is 2.44. The first kappa shape index (κ1) is 15.2. The lowest BCUT2D eigenvalue weighted by Crippen LogP contribution is -2.45. The Hall–Kier alpha value is -1.68. The number of allylic oxidation sites excluding steroid dienone is 1. The number of hydrogen-bond acceptors (Lipinski definition) is 4. The standard InChI is InChI=1S/C18H23NO3/c1-3-6-12-9-13-17(10-16(12)21-2)22-11-14(18(13)20)15-7-4-5-8-19-15/h4-5,7-8,11-13,16-17H,3,6,9-10H2,1-2H3. The lowest BCUT2D eigenvalue weighted by Gasteiger charge is -2.41. The molecule has 0 spiro atoms. The van der Waals surface area contributed by atoms with E-state index in [9.17, 15) is 4.79 Å². The summed E-state index contributed by atoms with van der Waals surface area (Å²) in [6, 6.07) is 5.60. The van der Waals surface area contributed by atoms with Gasteiger partial charge in [0.15, 0.2) is 5.78 Å². The molecule has 3 rings (SSSR count). The molecule has 0 saturated heterocycles. The molecule has 1 aliphatic carbocycles. The fraction of sp³-hybridized carbons (Fsp3) is 0.556. The molecule has 1 aromatic heterocycles. The highest BCUT2D eigenvalue weighted by Crippen LogP contribution is 2.40. The number of methoxy groups -OCH3 is 1. The van der Waals surface area contributed by atoms with Crippen LogP contribution in [0.4, 0.5) is 0 Å². The minimum atomic E-state index is -0.0649. The van der Waals surface area contributed by atoms with E-state index in [2.05, 4.69) is 11.9 Å². The van der Waals surface area contributed by atoms with E-state index in [1.54, 1.807) is 19.6 Å². The van der Waals surface area contributed by atoms with E-state index >= 15 is 0 Å². The van der Waals surface area contributed by atoms with Gasteiger partial charge in [0.25, 0.3) is 0 Å². The van der Waals surface area contributed by atoms with E-state index in [0.717, 1.165) is 25.7 Å². The number of ketones is 1. The van der Waals surface area contributed by atoms with E-state index in [4.69, 9.17) is 9.47 Å². The van der Waals surface area contributed by atoms with Gasteiger partial charge in [-0.05, 0) is 30.9 Å². The number of Topliss-reactive ketones (excluding diaryl/α,β-unsaturated/α-hetero) is 1. The number of aromatic nitrogens is 1. The number of hydrogen-bond donors (Lipinski definition) is 0. The molecule has 4 nitrogen and oxygen atoms in total. The van der Waals surface area contributed by atoms with Gasteiger partial charge in [-0.25, -0.2) is 0 Å². The average molecular weight is 301 g/mol. The lowest BCUT2D eigenvalue weighted by molar-refractivity contribution is -0.131. The van der Waals surface area contributed by atoms with E-state index in [1.165, 1.54) is 0 Å². The summed E-state index contributed by atoms with van der Waals surface area (Å²) in [7, 11) is 1.76. The van der Waals surface area contributed by atoms with Gasteiger partial charge in [0.2, 0.25) is 0 Å². The maximum absolute atomic E-state index is 12.9. The van der Waals surface area contributed by atoms with Crippen LogP contribution >= 0.6 is 0 Å². The average Bonchev–Trinajstić information content (AvgIpc) is 2.56. The number of ether oxygens (including phenoxy) is 2. The van der Waals surface area contributed by atoms with Crippen LogP contribution in [0.1, 0.15) is 38.3 Å². The Balaban J connectivity index is 1.83. The molecule has 4 atom stereocenters. The quantitative estimate of drug-likeness (QED) is 0.856. The second kappa shape index (κ2) is 6.61. The smallest absolute Gasteiger partial charge is 0.174 e. The van der Waals surface area contributed by atoms with Crippen LogP contribution in [-0.4, -0.2) is 30.1 Å². The highest BCUT2D eigenvalue weighted by molar-refractivity contribution is 6.21. The van der Waals surface area contributed by atoms with Gasteiger partial charge in [-0.15, -0.1) is 0 Å². The van der Waals surface area contributed by atoms with Crippen LogP contribution in [0, 0.1) is 11.8 Å². The van der Waals surface area contributed by atoms with Crippen LogP contribution < -0.4 is 0 Å². The summed E-state index contributed by atoms with van der Waals surface area (Å²) in [6.45, 7) is 2.18. The summed E-state index contributed by atoms with van der Waals surface area (Å²) in [5.74, 6) is 0.544. The third-order valence-electron chi connectivity index (χ3n) is 4.86. The normalized spacial score (nSPS) is 31.2. The third-order valence-corrected chi connectivity index (χ3v) is 4.86. The molecule has 4 unspecified atom stereocenters. The topological polar surface area (TPSA) is 48.4 Å². The van der Waals surface area contributed by atoms with Crippen LogP contribution in [-0.2, 0) is 14.3 Å². The molecule has 1 fully saturated rings. The molecule has 1 saturated carbocycles. The van der Waals surface area contributed by atoms with Crippen molar-refractivity contribution in [3.05, 3.63) is 36.4 Å². The van der Waals surface area contributed by atoms with Crippen LogP contribution in [0.25, 0.3) is 5.57 Å². The number of fused-ring (bicyclic) bond motifs is 1. The van der Waals surface area contributed by atoms with Crippen molar-refractivity contribution in [1.82, 2.24) is 4.98 Å². The molecular weight excluding hydrogens is 278 g/mol. The second-order valence-electron chi connectivity index (χ2n) is 6.19. The molecule has 2 aliphatic rings. The van der Waals surface area contributed by atoms with Gasteiger partial charge in [0, 0.05) is 19.7 Å². The number of rotatable bonds is 4. The Kier molecular flexibility index (Phi) is 4.57. The molecule has 1 aromatic rings. The van der Waals surface area contributed by atoms with Gasteiger partial charge < -0.3 is 9.47 Å². The first-order valence-corrected chi connectivity index (χ1v) is 8.08. The Morgan fingerprint density at radius 2 is 2.23 bits per heavy atom. The molecule has 2 heterocycles. The summed E-state index contributed by atoms with van der Waals surface area (Å²) in [5.41, 5.74) is 1.31. The van der Waals surface area contributed by atoms with Crippen molar-refractivity contribution < 1.29 is 14.3 Å². The molecule has 0 amide bonds. The zero-order valence-electron chi connectivity index (χ0n) is 13.2.